The number of rotatable bonds is 7. The first-order valence-electron chi connectivity index (χ1n) is 11.6. The van der Waals surface area contributed by atoms with Crippen LogP contribution in [0.25, 0.3) is 0 Å². The molecule has 0 saturated carbocycles. The Morgan fingerprint density at radius 3 is 2.55 bits per heavy atom. The molecule has 2 aliphatic heterocycles. The van der Waals surface area contributed by atoms with E-state index in [1.54, 1.807) is 14.0 Å². The highest BCUT2D eigenvalue weighted by atomic mass is 16.5. The van der Waals surface area contributed by atoms with Crippen molar-refractivity contribution < 1.29 is 19.1 Å². The summed E-state index contributed by atoms with van der Waals surface area (Å²) < 4.78 is 5.39. The molecule has 0 radical (unpaired) electrons. The van der Waals surface area contributed by atoms with E-state index in [4.69, 9.17) is 4.74 Å². The maximum Gasteiger partial charge on any atom is 0.338 e. The topological polar surface area (TPSA) is 94.2 Å². The van der Waals surface area contributed by atoms with E-state index >= 15 is 0 Å². The summed E-state index contributed by atoms with van der Waals surface area (Å²) in [5.74, 6) is -0.432. The predicted octanol–water partition coefficient (Wildman–Crippen LogP) is 2.33. The fourth-order valence-corrected chi connectivity index (χ4v) is 4.32. The van der Waals surface area contributed by atoms with Crippen molar-refractivity contribution in [3.05, 3.63) is 47.2 Å². The number of hydrogen-bond donors (Lipinski definition) is 2. The van der Waals surface area contributed by atoms with Crippen molar-refractivity contribution in [3.63, 3.8) is 0 Å². The molecule has 0 bridgehead atoms. The number of amides is 4. The van der Waals surface area contributed by atoms with Crippen molar-refractivity contribution in [2.75, 3.05) is 46.4 Å². The number of piperazine rings is 1. The Balaban J connectivity index is 1.86. The molecule has 9 heteroatoms. The van der Waals surface area contributed by atoms with Crippen LogP contribution in [0, 0.1) is 0 Å². The van der Waals surface area contributed by atoms with Gasteiger partial charge in [-0.15, -0.1) is 0 Å². The van der Waals surface area contributed by atoms with Gasteiger partial charge in [0.15, 0.2) is 0 Å². The molecule has 2 atom stereocenters. The Morgan fingerprint density at radius 1 is 1.18 bits per heavy atom. The molecule has 2 heterocycles. The Hall–Kier alpha value is -3.07. The van der Waals surface area contributed by atoms with Crippen molar-refractivity contribution in [1.29, 1.82) is 0 Å². The first-order chi connectivity index (χ1) is 15.9. The minimum absolute atomic E-state index is 0.00916. The quantitative estimate of drug-likeness (QED) is 0.613. The van der Waals surface area contributed by atoms with E-state index < -0.39 is 12.0 Å². The summed E-state index contributed by atoms with van der Waals surface area (Å²) in [7, 11) is 1.67. The van der Waals surface area contributed by atoms with Crippen LogP contribution in [0.15, 0.2) is 41.6 Å². The highest BCUT2D eigenvalue weighted by Gasteiger charge is 2.38. The van der Waals surface area contributed by atoms with E-state index in [9.17, 15) is 14.4 Å². The smallest absolute Gasteiger partial charge is 0.338 e. The van der Waals surface area contributed by atoms with Crippen LogP contribution in [0.2, 0.25) is 0 Å². The van der Waals surface area contributed by atoms with Gasteiger partial charge in [-0.2, -0.15) is 0 Å². The number of urea groups is 2. The Labute approximate surface area is 195 Å². The number of likely N-dealkylation sites (N-methyl/N-ethyl adjacent to an activating group) is 1. The fourth-order valence-electron chi connectivity index (χ4n) is 4.32. The number of nitrogens with one attached hydrogen (secondary N) is 2. The number of nitrogens with zero attached hydrogens (tertiary/aromatic N) is 3. The zero-order valence-corrected chi connectivity index (χ0v) is 20.0. The van der Waals surface area contributed by atoms with Crippen LogP contribution in [-0.2, 0) is 9.53 Å². The average Bonchev–Trinajstić information content (AvgIpc) is 2.81. The molecule has 33 heavy (non-hydrogen) atoms. The second-order valence-electron chi connectivity index (χ2n) is 8.44. The zero-order valence-electron chi connectivity index (χ0n) is 20.0. The molecule has 0 aliphatic carbocycles. The van der Waals surface area contributed by atoms with E-state index in [0.717, 1.165) is 12.0 Å². The van der Waals surface area contributed by atoms with Gasteiger partial charge in [0.2, 0.25) is 0 Å². The van der Waals surface area contributed by atoms with E-state index in [1.165, 1.54) is 4.90 Å². The summed E-state index contributed by atoms with van der Waals surface area (Å²) in [4.78, 5) is 43.8. The number of ether oxygens (including phenoxy) is 1. The molecular weight excluding hydrogens is 422 g/mol. The van der Waals surface area contributed by atoms with Gasteiger partial charge in [0, 0.05) is 51.5 Å². The van der Waals surface area contributed by atoms with E-state index in [2.05, 4.69) is 15.5 Å². The van der Waals surface area contributed by atoms with Gasteiger partial charge in [0.25, 0.3) is 0 Å². The largest absolute Gasteiger partial charge is 0.463 e. The van der Waals surface area contributed by atoms with Crippen molar-refractivity contribution in [1.82, 2.24) is 25.3 Å². The van der Waals surface area contributed by atoms with Crippen LogP contribution in [0.4, 0.5) is 9.59 Å². The monoisotopic (exact) mass is 457 g/mol. The van der Waals surface area contributed by atoms with E-state index in [1.807, 2.05) is 49.1 Å². The Bertz CT molecular complexity index is 888. The third kappa shape index (κ3) is 5.65. The molecule has 0 unspecified atom stereocenters. The predicted molar refractivity (Wildman–Crippen MR) is 125 cm³/mol. The number of hydrogen-bond acceptors (Lipinski definition) is 5. The highest BCUT2D eigenvalue weighted by molar-refractivity contribution is 5.95. The molecule has 1 aromatic carbocycles. The summed E-state index contributed by atoms with van der Waals surface area (Å²) in [6.07, 6.45) is 0.891. The molecule has 2 aliphatic rings. The summed E-state index contributed by atoms with van der Waals surface area (Å²) in [5.41, 5.74) is 1.90. The lowest BCUT2D eigenvalue weighted by Gasteiger charge is -2.42. The Kier molecular flexibility index (Phi) is 8.32. The van der Waals surface area contributed by atoms with Crippen molar-refractivity contribution in [3.8, 4) is 0 Å². The van der Waals surface area contributed by atoms with Gasteiger partial charge in [-0.1, -0.05) is 37.3 Å². The van der Waals surface area contributed by atoms with E-state index in [0.29, 0.717) is 44.0 Å². The third-order valence-corrected chi connectivity index (χ3v) is 6.08. The molecule has 9 nitrogen and oxygen atoms in total. The van der Waals surface area contributed by atoms with Crippen LogP contribution < -0.4 is 10.6 Å². The highest BCUT2D eigenvalue weighted by Crippen LogP contribution is 2.31. The van der Waals surface area contributed by atoms with Gasteiger partial charge in [-0.3, -0.25) is 9.80 Å². The first-order valence-corrected chi connectivity index (χ1v) is 11.6. The van der Waals surface area contributed by atoms with Gasteiger partial charge in [0.1, 0.15) is 0 Å². The lowest BCUT2D eigenvalue weighted by Crippen LogP contribution is -2.58. The molecule has 1 aromatic rings. The number of esters is 1. The molecular formula is C24H35N5O4. The lowest BCUT2D eigenvalue weighted by atomic mass is 9.94. The molecule has 1 saturated heterocycles. The van der Waals surface area contributed by atoms with Crippen LogP contribution >= 0.6 is 0 Å². The van der Waals surface area contributed by atoms with Gasteiger partial charge < -0.3 is 20.3 Å². The number of carbonyl (C=O) groups excluding carboxylic acids is 3. The third-order valence-electron chi connectivity index (χ3n) is 6.08. The van der Waals surface area contributed by atoms with Gasteiger partial charge in [0.05, 0.1) is 18.2 Å². The lowest BCUT2D eigenvalue weighted by molar-refractivity contribution is -0.139. The van der Waals surface area contributed by atoms with Gasteiger partial charge in [-0.05, 0) is 25.8 Å². The van der Waals surface area contributed by atoms with Crippen LogP contribution in [0.3, 0.4) is 0 Å². The second-order valence-corrected chi connectivity index (χ2v) is 8.44. The summed E-state index contributed by atoms with van der Waals surface area (Å²) >= 11 is 0. The maximum atomic E-state index is 13.1. The van der Waals surface area contributed by atoms with Crippen LogP contribution in [-0.4, -0.2) is 85.2 Å². The minimum atomic E-state index is -0.581. The number of carbonyl (C=O) groups is 3. The van der Waals surface area contributed by atoms with E-state index in [-0.39, 0.29) is 24.7 Å². The van der Waals surface area contributed by atoms with Gasteiger partial charge in [-0.25, -0.2) is 14.4 Å². The van der Waals surface area contributed by atoms with Crippen LogP contribution in [0.1, 0.15) is 38.8 Å². The van der Waals surface area contributed by atoms with Crippen molar-refractivity contribution in [2.45, 2.75) is 39.3 Å². The molecule has 0 spiro atoms. The molecule has 4 amide bonds. The summed E-state index contributed by atoms with van der Waals surface area (Å²) in [6.45, 7) is 9.00. The van der Waals surface area contributed by atoms with Crippen molar-refractivity contribution >= 4 is 18.0 Å². The molecule has 180 valence electrons. The van der Waals surface area contributed by atoms with Crippen molar-refractivity contribution in [2.24, 2.45) is 0 Å². The van der Waals surface area contributed by atoms with Gasteiger partial charge >= 0.3 is 18.0 Å². The summed E-state index contributed by atoms with van der Waals surface area (Å²) in [6, 6.07) is 8.56. The average molecular weight is 458 g/mol. The zero-order chi connectivity index (χ0) is 24.0. The summed E-state index contributed by atoms with van der Waals surface area (Å²) in [5, 5.41) is 5.88. The molecule has 2 N–H and O–H groups in total. The fraction of sp³-hybridized carbons (Fsp3) is 0.542. The maximum absolute atomic E-state index is 13.1. The molecule has 0 aromatic heterocycles. The second kappa shape index (κ2) is 11.2. The minimum Gasteiger partial charge on any atom is -0.463 e. The standard InChI is InChI=1S/C24H35N5O4/c1-5-12-25-23(31)29-14-13-28(15-17(29)3)16-19-20(22(30)33-6-2)21(26-24(32)27(19)4)18-10-8-7-9-11-18/h7-11,17,21H,5-6,12-16H2,1-4H3,(H,25,31)(H,26,32)/t17-,21+/m1/s1. The first kappa shape index (κ1) is 24.6. The Morgan fingerprint density at radius 2 is 1.91 bits per heavy atom. The SMILES string of the molecule is CCCNC(=O)N1CCN(CC2=C(C(=O)OCC)[C@H](c3ccccc3)NC(=O)N2C)C[C@H]1C. The number of benzene rings is 1. The van der Waals surface area contributed by atoms with Crippen LogP contribution in [0.5, 0.6) is 0 Å². The normalized spacial score (nSPS) is 21.6. The molecule has 3 rings (SSSR count). The molecule has 1 fully saturated rings.